The van der Waals surface area contributed by atoms with Crippen molar-refractivity contribution in [2.75, 3.05) is 35.0 Å². The van der Waals surface area contributed by atoms with Gasteiger partial charge in [0.05, 0.1) is 21.3 Å². The van der Waals surface area contributed by atoms with E-state index in [9.17, 15) is 0 Å². The van der Waals surface area contributed by atoms with Gasteiger partial charge in [-0.1, -0.05) is 6.92 Å². The molecule has 5 heteroatoms. The zero-order chi connectivity index (χ0) is 15.1. The smallest absolute Gasteiger partial charge is 0.203 e. The minimum atomic E-state index is -0.112. The number of benzene rings is 1. The number of methoxy groups -OCH3 is 4. The summed E-state index contributed by atoms with van der Waals surface area (Å²) in [6.45, 7) is 2.80. The van der Waals surface area contributed by atoms with E-state index in [4.69, 9.17) is 24.7 Å². The number of hydrogen-bond acceptors (Lipinski definition) is 5. The predicted molar refractivity (Wildman–Crippen MR) is 78.7 cm³/mol. The number of ether oxygens (including phenoxy) is 4. The van der Waals surface area contributed by atoms with Crippen LogP contribution in [0.5, 0.6) is 17.2 Å². The maximum Gasteiger partial charge on any atom is 0.203 e. The van der Waals surface area contributed by atoms with E-state index in [1.807, 2.05) is 12.1 Å². The second kappa shape index (κ2) is 7.97. The highest BCUT2D eigenvalue weighted by atomic mass is 16.5. The van der Waals surface area contributed by atoms with Crippen molar-refractivity contribution < 1.29 is 18.9 Å². The van der Waals surface area contributed by atoms with Gasteiger partial charge in [0.2, 0.25) is 5.75 Å². The Morgan fingerprint density at radius 3 is 1.95 bits per heavy atom. The molecule has 0 bridgehead atoms. The molecule has 0 aliphatic carbocycles. The van der Waals surface area contributed by atoms with Crippen molar-refractivity contribution in [3.05, 3.63) is 17.7 Å². The molecule has 5 nitrogen and oxygen atoms in total. The van der Waals surface area contributed by atoms with E-state index in [1.54, 1.807) is 28.4 Å². The first kappa shape index (κ1) is 16.6. The van der Waals surface area contributed by atoms with Crippen molar-refractivity contribution in [2.45, 2.75) is 19.4 Å². The summed E-state index contributed by atoms with van der Waals surface area (Å²) >= 11 is 0. The van der Waals surface area contributed by atoms with Crippen LogP contribution in [0.3, 0.4) is 0 Å². The SMILES string of the molecule is COCCC(C)C(N)c1cc(OC)c(OC)c(OC)c1. The minimum absolute atomic E-state index is 0.112. The average molecular weight is 283 g/mol. The maximum atomic E-state index is 6.31. The Hall–Kier alpha value is -1.46. The summed E-state index contributed by atoms with van der Waals surface area (Å²) < 4.78 is 21.1. The fraction of sp³-hybridized carbons (Fsp3) is 0.600. The number of nitrogens with two attached hydrogens (primary N) is 1. The molecule has 2 atom stereocenters. The monoisotopic (exact) mass is 283 g/mol. The lowest BCUT2D eigenvalue weighted by atomic mass is 9.92. The molecule has 20 heavy (non-hydrogen) atoms. The molecule has 2 N–H and O–H groups in total. The molecule has 0 radical (unpaired) electrons. The molecule has 0 heterocycles. The molecule has 0 saturated heterocycles. The molecule has 0 aliphatic heterocycles. The van der Waals surface area contributed by atoms with Gasteiger partial charge in [0, 0.05) is 19.8 Å². The molecule has 1 rings (SSSR count). The average Bonchev–Trinajstić information content (AvgIpc) is 2.49. The van der Waals surface area contributed by atoms with E-state index in [1.165, 1.54) is 0 Å². The van der Waals surface area contributed by atoms with Gasteiger partial charge in [0.1, 0.15) is 0 Å². The lowest BCUT2D eigenvalue weighted by molar-refractivity contribution is 0.174. The summed E-state index contributed by atoms with van der Waals surface area (Å²) in [6.07, 6.45) is 0.897. The summed E-state index contributed by atoms with van der Waals surface area (Å²) in [5, 5.41) is 0. The molecule has 0 aromatic heterocycles. The Kier molecular flexibility index (Phi) is 6.61. The summed E-state index contributed by atoms with van der Waals surface area (Å²) in [6, 6.07) is 3.68. The molecule has 1 aromatic carbocycles. The Morgan fingerprint density at radius 1 is 1.00 bits per heavy atom. The first-order valence-corrected chi connectivity index (χ1v) is 6.63. The molecular formula is C15H25NO4. The number of rotatable bonds is 8. The van der Waals surface area contributed by atoms with Crippen LogP contribution in [0.25, 0.3) is 0 Å². The Balaban J connectivity index is 3.05. The third kappa shape index (κ3) is 3.77. The normalized spacial score (nSPS) is 13.7. The van der Waals surface area contributed by atoms with Gasteiger partial charge >= 0.3 is 0 Å². The van der Waals surface area contributed by atoms with Crippen LogP contribution in [0.15, 0.2) is 12.1 Å². The van der Waals surface area contributed by atoms with Crippen molar-refractivity contribution in [3.63, 3.8) is 0 Å². The van der Waals surface area contributed by atoms with Crippen molar-refractivity contribution in [1.82, 2.24) is 0 Å². The summed E-state index contributed by atoms with van der Waals surface area (Å²) in [4.78, 5) is 0. The second-order valence-corrected chi connectivity index (χ2v) is 4.74. The van der Waals surface area contributed by atoms with Crippen LogP contribution in [-0.4, -0.2) is 35.0 Å². The largest absolute Gasteiger partial charge is 0.493 e. The van der Waals surface area contributed by atoms with Gasteiger partial charge in [-0.2, -0.15) is 0 Å². The highest BCUT2D eigenvalue weighted by Gasteiger charge is 2.20. The lowest BCUT2D eigenvalue weighted by Crippen LogP contribution is -2.20. The molecule has 0 spiro atoms. The summed E-state index contributed by atoms with van der Waals surface area (Å²) in [5.41, 5.74) is 7.27. The van der Waals surface area contributed by atoms with Crippen molar-refractivity contribution in [3.8, 4) is 17.2 Å². The first-order chi connectivity index (χ1) is 9.58. The van der Waals surface area contributed by atoms with Gasteiger partial charge in [-0.25, -0.2) is 0 Å². The van der Waals surface area contributed by atoms with E-state index in [-0.39, 0.29) is 12.0 Å². The Morgan fingerprint density at radius 2 is 1.55 bits per heavy atom. The molecule has 1 aromatic rings. The molecule has 2 unspecified atom stereocenters. The van der Waals surface area contributed by atoms with E-state index in [2.05, 4.69) is 6.92 Å². The van der Waals surface area contributed by atoms with Crippen molar-refractivity contribution in [1.29, 1.82) is 0 Å². The highest BCUT2D eigenvalue weighted by Crippen LogP contribution is 2.40. The van der Waals surface area contributed by atoms with Crippen LogP contribution >= 0.6 is 0 Å². The minimum Gasteiger partial charge on any atom is -0.493 e. The number of hydrogen-bond donors (Lipinski definition) is 1. The van der Waals surface area contributed by atoms with Gasteiger partial charge in [-0.3, -0.25) is 0 Å². The van der Waals surface area contributed by atoms with Gasteiger partial charge < -0.3 is 24.7 Å². The maximum absolute atomic E-state index is 6.31. The lowest BCUT2D eigenvalue weighted by Gasteiger charge is -2.22. The van der Waals surface area contributed by atoms with Gasteiger partial charge in [-0.05, 0) is 30.0 Å². The van der Waals surface area contributed by atoms with Gasteiger partial charge in [0.25, 0.3) is 0 Å². The van der Waals surface area contributed by atoms with Gasteiger partial charge in [0.15, 0.2) is 11.5 Å². The summed E-state index contributed by atoms with van der Waals surface area (Å²) in [5.74, 6) is 2.11. The predicted octanol–water partition coefficient (Wildman–Crippen LogP) is 2.38. The standard InChI is InChI=1S/C15H25NO4/c1-10(6-7-17-2)14(16)11-8-12(18-3)15(20-5)13(9-11)19-4/h8-10,14H,6-7,16H2,1-5H3. The van der Waals surface area contributed by atoms with Crippen molar-refractivity contribution >= 4 is 0 Å². The van der Waals surface area contributed by atoms with Crippen LogP contribution < -0.4 is 19.9 Å². The second-order valence-electron chi connectivity index (χ2n) is 4.74. The fourth-order valence-corrected chi connectivity index (χ4v) is 2.11. The third-order valence-corrected chi connectivity index (χ3v) is 3.46. The molecule has 0 saturated carbocycles. The van der Waals surface area contributed by atoms with Crippen LogP contribution in [0, 0.1) is 5.92 Å². The zero-order valence-electron chi connectivity index (χ0n) is 12.9. The van der Waals surface area contributed by atoms with Crippen LogP contribution in [-0.2, 0) is 4.74 Å². The molecular weight excluding hydrogens is 258 g/mol. The quantitative estimate of drug-likeness (QED) is 0.793. The third-order valence-electron chi connectivity index (χ3n) is 3.46. The highest BCUT2D eigenvalue weighted by molar-refractivity contribution is 5.54. The Labute approximate surface area is 121 Å². The van der Waals surface area contributed by atoms with Crippen LogP contribution in [0.2, 0.25) is 0 Å². The van der Waals surface area contributed by atoms with Gasteiger partial charge in [-0.15, -0.1) is 0 Å². The zero-order valence-corrected chi connectivity index (χ0v) is 12.9. The van der Waals surface area contributed by atoms with Crippen LogP contribution in [0.4, 0.5) is 0 Å². The Bertz CT molecular complexity index is 397. The van der Waals surface area contributed by atoms with E-state index < -0.39 is 0 Å². The van der Waals surface area contributed by atoms with Crippen LogP contribution in [0.1, 0.15) is 24.9 Å². The van der Waals surface area contributed by atoms with E-state index in [0.717, 1.165) is 12.0 Å². The topological polar surface area (TPSA) is 62.9 Å². The molecule has 0 fully saturated rings. The van der Waals surface area contributed by atoms with E-state index >= 15 is 0 Å². The summed E-state index contributed by atoms with van der Waals surface area (Å²) in [7, 11) is 6.47. The molecule has 0 amide bonds. The fourth-order valence-electron chi connectivity index (χ4n) is 2.11. The van der Waals surface area contributed by atoms with E-state index in [0.29, 0.717) is 23.9 Å². The molecule has 0 aliphatic rings. The first-order valence-electron chi connectivity index (χ1n) is 6.63. The molecule has 114 valence electrons. The van der Waals surface area contributed by atoms with Crippen molar-refractivity contribution in [2.24, 2.45) is 11.7 Å².